The number of hydrogen-bond acceptors (Lipinski definition) is 3. The molecule has 20 heavy (non-hydrogen) atoms. The Morgan fingerprint density at radius 3 is 2.95 bits per heavy atom. The predicted molar refractivity (Wildman–Crippen MR) is 82.3 cm³/mol. The maximum Gasteiger partial charge on any atom is 0.229 e. The molecule has 0 spiro atoms. The lowest BCUT2D eigenvalue weighted by atomic mass is 10.1. The monoisotopic (exact) mass is 306 g/mol. The maximum atomic E-state index is 11.8. The van der Waals surface area contributed by atoms with Crippen molar-refractivity contribution in [3.63, 3.8) is 0 Å². The van der Waals surface area contributed by atoms with E-state index in [0.717, 1.165) is 28.3 Å². The highest BCUT2D eigenvalue weighted by Gasteiger charge is 2.39. The van der Waals surface area contributed by atoms with Crippen LogP contribution in [0.3, 0.4) is 0 Å². The zero-order valence-corrected chi connectivity index (χ0v) is 12.7. The molecule has 1 aromatic carbocycles. The fraction of sp³-hybridized carbons (Fsp3) is 0.333. The molecule has 0 bridgehead atoms. The summed E-state index contributed by atoms with van der Waals surface area (Å²) in [7, 11) is 0. The van der Waals surface area contributed by atoms with Crippen molar-refractivity contribution in [1.29, 1.82) is 0 Å². The first-order chi connectivity index (χ1) is 9.63. The average Bonchev–Trinajstić information content (AvgIpc) is 3.00. The van der Waals surface area contributed by atoms with Crippen molar-refractivity contribution < 1.29 is 4.79 Å². The molecule has 104 valence electrons. The molecule has 3 rings (SSSR count). The molecular weight excluding hydrogens is 292 g/mol. The molecule has 1 heterocycles. The van der Waals surface area contributed by atoms with Crippen LogP contribution in [-0.2, 0) is 11.2 Å². The second-order valence-corrected chi connectivity index (χ2v) is 6.73. The standard InChI is InChI=1S/C15H15ClN2OS/c1-9-6-12(9)14(19)18-15-17-8-11(20-15)7-10-4-2-3-5-13(10)16/h2-5,8-9,12H,6-7H2,1H3,(H,17,18,19). The second kappa shape index (κ2) is 5.54. The van der Waals surface area contributed by atoms with Gasteiger partial charge in [0, 0.05) is 28.4 Å². The van der Waals surface area contributed by atoms with E-state index in [4.69, 9.17) is 11.6 Å². The van der Waals surface area contributed by atoms with E-state index in [1.165, 1.54) is 11.3 Å². The second-order valence-electron chi connectivity index (χ2n) is 5.21. The van der Waals surface area contributed by atoms with E-state index in [1.807, 2.05) is 24.3 Å². The van der Waals surface area contributed by atoms with Crippen molar-refractivity contribution in [1.82, 2.24) is 4.98 Å². The van der Waals surface area contributed by atoms with Crippen molar-refractivity contribution in [3.05, 3.63) is 45.9 Å². The number of benzene rings is 1. The van der Waals surface area contributed by atoms with Gasteiger partial charge >= 0.3 is 0 Å². The first-order valence-corrected chi connectivity index (χ1v) is 7.82. The summed E-state index contributed by atoms with van der Waals surface area (Å²) in [5.41, 5.74) is 1.08. The molecule has 1 aromatic heterocycles. The summed E-state index contributed by atoms with van der Waals surface area (Å²) < 4.78 is 0. The molecule has 0 saturated heterocycles. The number of anilines is 1. The fourth-order valence-electron chi connectivity index (χ4n) is 2.16. The highest BCUT2D eigenvalue weighted by molar-refractivity contribution is 7.15. The van der Waals surface area contributed by atoms with E-state index in [9.17, 15) is 4.79 Å². The van der Waals surface area contributed by atoms with Gasteiger partial charge in [-0.3, -0.25) is 4.79 Å². The van der Waals surface area contributed by atoms with Crippen LogP contribution in [0.1, 0.15) is 23.8 Å². The van der Waals surface area contributed by atoms with Crippen LogP contribution >= 0.6 is 22.9 Å². The molecule has 1 aliphatic rings. The molecule has 1 fully saturated rings. The predicted octanol–water partition coefficient (Wildman–Crippen LogP) is 3.98. The number of hydrogen-bond donors (Lipinski definition) is 1. The molecule has 3 nitrogen and oxygen atoms in total. The Bertz CT molecular complexity index is 640. The zero-order valence-electron chi connectivity index (χ0n) is 11.1. The van der Waals surface area contributed by atoms with Gasteiger partial charge in [0.05, 0.1) is 0 Å². The van der Waals surface area contributed by atoms with Crippen molar-refractivity contribution in [2.45, 2.75) is 19.8 Å². The molecule has 1 amide bonds. The summed E-state index contributed by atoms with van der Waals surface area (Å²) in [4.78, 5) is 17.2. The lowest BCUT2D eigenvalue weighted by molar-refractivity contribution is -0.117. The number of carbonyl (C=O) groups excluding carboxylic acids is 1. The third-order valence-electron chi connectivity index (χ3n) is 3.55. The minimum absolute atomic E-state index is 0.0937. The SMILES string of the molecule is CC1CC1C(=O)Nc1ncc(Cc2ccccc2Cl)s1. The van der Waals surface area contributed by atoms with E-state index in [1.54, 1.807) is 6.20 Å². The van der Waals surface area contributed by atoms with E-state index in [2.05, 4.69) is 17.2 Å². The topological polar surface area (TPSA) is 42.0 Å². The molecule has 0 aliphatic heterocycles. The number of thiazole rings is 1. The number of amides is 1. The van der Waals surface area contributed by atoms with Gasteiger partial charge in [0.2, 0.25) is 5.91 Å². The lowest BCUT2D eigenvalue weighted by Gasteiger charge is -2.01. The lowest BCUT2D eigenvalue weighted by Crippen LogP contribution is -2.13. The Morgan fingerprint density at radius 1 is 1.50 bits per heavy atom. The summed E-state index contributed by atoms with van der Waals surface area (Å²) in [6, 6.07) is 7.78. The molecule has 2 atom stereocenters. The summed E-state index contributed by atoms with van der Waals surface area (Å²) in [6.07, 6.45) is 3.54. The zero-order chi connectivity index (χ0) is 14.1. The molecule has 1 aliphatic carbocycles. The largest absolute Gasteiger partial charge is 0.302 e. The Kier molecular flexibility index (Phi) is 3.76. The Balaban J connectivity index is 1.65. The van der Waals surface area contributed by atoms with Gasteiger partial charge < -0.3 is 5.32 Å². The number of rotatable bonds is 4. The number of nitrogens with zero attached hydrogens (tertiary/aromatic N) is 1. The van der Waals surface area contributed by atoms with E-state index >= 15 is 0 Å². The quantitative estimate of drug-likeness (QED) is 0.928. The van der Waals surface area contributed by atoms with Crippen LogP contribution in [0.5, 0.6) is 0 Å². The van der Waals surface area contributed by atoms with Gasteiger partial charge in [-0.25, -0.2) is 4.98 Å². The molecule has 1 N–H and O–H groups in total. The normalized spacial score (nSPS) is 20.7. The van der Waals surface area contributed by atoms with E-state index in [-0.39, 0.29) is 11.8 Å². The van der Waals surface area contributed by atoms with Crippen LogP contribution in [0, 0.1) is 11.8 Å². The van der Waals surface area contributed by atoms with E-state index < -0.39 is 0 Å². The highest BCUT2D eigenvalue weighted by Crippen LogP contribution is 2.38. The minimum Gasteiger partial charge on any atom is -0.302 e. The van der Waals surface area contributed by atoms with Gasteiger partial charge in [-0.05, 0) is 24.0 Å². The van der Waals surface area contributed by atoms with Gasteiger partial charge in [0.15, 0.2) is 5.13 Å². The summed E-state index contributed by atoms with van der Waals surface area (Å²) >= 11 is 7.66. The molecule has 2 unspecified atom stereocenters. The van der Waals surface area contributed by atoms with Crippen molar-refractivity contribution in [2.24, 2.45) is 11.8 Å². The van der Waals surface area contributed by atoms with Gasteiger partial charge in [0.25, 0.3) is 0 Å². The van der Waals surface area contributed by atoms with Crippen molar-refractivity contribution >= 4 is 34.0 Å². The molecule has 0 radical (unpaired) electrons. The smallest absolute Gasteiger partial charge is 0.229 e. The van der Waals surface area contributed by atoms with Crippen LogP contribution in [-0.4, -0.2) is 10.9 Å². The molecular formula is C15H15ClN2OS. The third-order valence-corrected chi connectivity index (χ3v) is 4.83. The van der Waals surface area contributed by atoms with Crippen LogP contribution < -0.4 is 5.32 Å². The summed E-state index contributed by atoms with van der Waals surface area (Å²) in [6.45, 7) is 2.09. The van der Waals surface area contributed by atoms with Crippen LogP contribution in [0.25, 0.3) is 0 Å². The average molecular weight is 307 g/mol. The first-order valence-electron chi connectivity index (χ1n) is 6.62. The van der Waals surface area contributed by atoms with Crippen molar-refractivity contribution in [3.8, 4) is 0 Å². The van der Waals surface area contributed by atoms with Crippen molar-refractivity contribution in [2.75, 3.05) is 5.32 Å². The number of aromatic nitrogens is 1. The Hall–Kier alpha value is -1.39. The van der Waals surface area contributed by atoms with Gasteiger partial charge in [0.1, 0.15) is 0 Å². The van der Waals surface area contributed by atoms with Crippen LogP contribution in [0.15, 0.2) is 30.5 Å². The van der Waals surface area contributed by atoms with E-state index in [0.29, 0.717) is 11.0 Å². The molecule has 5 heteroatoms. The number of nitrogens with one attached hydrogen (secondary N) is 1. The highest BCUT2D eigenvalue weighted by atomic mass is 35.5. The molecule has 1 saturated carbocycles. The maximum absolute atomic E-state index is 11.8. The van der Waals surface area contributed by atoms with Gasteiger partial charge in [-0.2, -0.15) is 0 Å². The number of halogens is 1. The third kappa shape index (κ3) is 3.02. The summed E-state index contributed by atoms with van der Waals surface area (Å²) in [5, 5.41) is 4.33. The fourth-order valence-corrected chi connectivity index (χ4v) is 3.20. The van der Waals surface area contributed by atoms with Gasteiger partial charge in [-0.1, -0.05) is 36.7 Å². The Labute approximate surface area is 127 Å². The first kappa shape index (κ1) is 13.6. The molecule has 2 aromatic rings. The van der Waals surface area contributed by atoms with Crippen LogP contribution in [0.2, 0.25) is 5.02 Å². The van der Waals surface area contributed by atoms with Crippen LogP contribution in [0.4, 0.5) is 5.13 Å². The number of carbonyl (C=O) groups is 1. The van der Waals surface area contributed by atoms with Gasteiger partial charge in [-0.15, -0.1) is 11.3 Å². The Morgan fingerprint density at radius 2 is 2.25 bits per heavy atom. The summed E-state index contributed by atoms with van der Waals surface area (Å²) in [5.74, 6) is 0.777. The minimum atomic E-state index is 0.0937.